The lowest BCUT2D eigenvalue weighted by Gasteiger charge is -2.08. The average molecular weight is 176 g/mol. The van der Waals surface area contributed by atoms with Gasteiger partial charge in [0.15, 0.2) is 0 Å². The van der Waals surface area contributed by atoms with Crippen molar-refractivity contribution in [3.63, 3.8) is 0 Å². The summed E-state index contributed by atoms with van der Waals surface area (Å²) in [4.78, 5) is 11.2. The molecule has 68 valence electrons. The average Bonchev–Trinajstić information content (AvgIpc) is 2.08. The van der Waals surface area contributed by atoms with Crippen molar-refractivity contribution in [2.45, 2.75) is 19.8 Å². The first kappa shape index (κ1) is 9.53. The minimum atomic E-state index is -0.138. The van der Waals surface area contributed by atoms with Gasteiger partial charge in [0.1, 0.15) is 0 Å². The van der Waals surface area contributed by atoms with Crippen molar-refractivity contribution in [2.24, 2.45) is 7.05 Å². The lowest BCUT2D eigenvalue weighted by Crippen LogP contribution is -2.17. The first-order valence-electron chi connectivity index (χ1n) is 4.17. The van der Waals surface area contributed by atoms with E-state index in [2.05, 4.69) is 0 Å². The molecule has 0 spiro atoms. The van der Waals surface area contributed by atoms with Crippen LogP contribution < -0.4 is 5.56 Å². The summed E-state index contributed by atoms with van der Waals surface area (Å²) in [7, 11) is 1.69. The van der Waals surface area contributed by atoms with Gasteiger partial charge in [-0.3, -0.25) is 4.79 Å². The first-order chi connectivity index (χ1) is 6.06. The summed E-state index contributed by atoms with van der Waals surface area (Å²) >= 11 is 0. The number of rotatable bonds is 1. The van der Waals surface area contributed by atoms with Crippen LogP contribution >= 0.6 is 0 Å². The molecule has 0 fully saturated rings. The van der Waals surface area contributed by atoms with E-state index in [1.165, 1.54) is 10.6 Å². The van der Waals surface area contributed by atoms with Gasteiger partial charge in [0.2, 0.25) is 0 Å². The van der Waals surface area contributed by atoms with Crippen LogP contribution in [0.3, 0.4) is 0 Å². The molecule has 0 N–H and O–H groups in total. The zero-order valence-corrected chi connectivity index (χ0v) is 8.03. The van der Waals surface area contributed by atoms with Crippen LogP contribution in [0.4, 0.5) is 0 Å². The fourth-order valence-electron chi connectivity index (χ4n) is 1.21. The van der Waals surface area contributed by atoms with E-state index < -0.39 is 0 Å². The van der Waals surface area contributed by atoms with Gasteiger partial charge in [-0.1, -0.05) is 13.8 Å². The Kier molecular flexibility index (Phi) is 2.52. The van der Waals surface area contributed by atoms with Gasteiger partial charge in [-0.25, -0.2) is 0 Å². The van der Waals surface area contributed by atoms with Gasteiger partial charge in [0.05, 0.1) is 11.6 Å². The number of hydrogen-bond acceptors (Lipinski definition) is 2. The van der Waals surface area contributed by atoms with Crippen molar-refractivity contribution < 1.29 is 0 Å². The van der Waals surface area contributed by atoms with Crippen LogP contribution in [0, 0.1) is 11.3 Å². The van der Waals surface area contributed by atoms with Crippen LogP contribution in [0.5, 0.6) is 0 Å². The van der Waals surface area contributed by atoms with Crippen molar-refractivity contribution in [2.75, 3.05) is 0 Å². The molecule has 0 radical (unpaired) electrons. The minimum Gasteiger partial charge on any atom is -0.318 e. The number of pyridine rings is 1. The van der Waals surface area contributed by atoms with Crippen LogP contribution in [0.25, 0.3) is 0 Å². The Bertz CT molecular complexity index is 410. The minimum absolute atomic E-state index is 0.138. The second-order valence-electron chi connectivity index (χ2n) is 3.36. The molecule has 0 bridgehead atoms. The molecule has 0 aliphatic heterocycles. The molecule has 1 rings (SSSR count). The van der Waals surface area contributed by atoms with Gasteiger partial charge in [0.25, 0.3) is 5.56 Å². The molecule has 1 aromatic heterocycles. The molecule has 0 unspecified atom stereocenters. The molecule has 0 atom stereocenters. The zero-order chi connectivity index (χ0) is 10.0. The van der Waals surface area contributed by atoms with Crippen LogP contribution in [0.1, 0.15) is 30.9 Å². The third kappa shape index (κ3) is 1.78. The highest BCUT2D eigenvalue weighted by Crippen LogP contribution is 2.16. The normalized spacial score (nSPS) is 10.1. The monoisotopic (exact) mass is 176 g/mol. The molecule has 1 aromatic rings. The lowest BCUT2D eigenvalue weighted by atomic mass is 10.0. The highest BCUT2D eigenvalue weighted by Gasteiger charge is 2.07. The Hall–Kier alpha value is -1.56. The van der Waals surface area contributed by atoms with Gasteiger partial charge in [-0.15, -0.1) is 0 Å². The Morgan fingerprint density at radius 1 is 1.54 bits per heavy atom. The standard InChI is InChI=1S/C10H12N2O/c1-7(2)9-6-12(3)10(13)4-8(9)5-11/h4,6-7H,1-3H3. The molecule has 0 aliphatic rings. The second kappa shape index (κ2) is 3.44. The van der Waals surface area contributed by atoms with E-state index >= 15 is 0 Å². The van der Waals surface area contributed by atoms with Crippen LogP contribution in [-0.2, 0) is 7.05 Å². The summed E-state index contributed by atoms with van der Waals surface area (Å²) in [6.45, 7) is 4.00. The molecular formula is C10H12N2O. The Morgan fingerprint density at radius 2 is 2.15 bits per heavy atom. The van der Waals surface area contributed by atoms with E-state index in [0.29, 0.717) is 5.56 Å². The quantitative estimate of drug-likeness (QED) is 0.649. The highest BCUT2D eigenvalue weighted by molar-refractivity contribution is 5.37. The Labute approximate surface area is 77.2 Å². The molecular weight excluding hydrogens is 164 g/mol. The zero-order valence-electron chi connectivity index (χ0n) is 8.03. The van der Waals surface area contributed by atoms with Crippen molar-refractivity contribution in [1.29, 1.82) is 5.26 Å². The molecule has 3 nitrogen and oxygen atoms in total. The van der Waals surface area contributed by atoms with Crippen LogP contribution in [0.15, 0.2) is 17.1 Å². The third-order valence-corrected chi connectivity index (χ3v) is 2.00. The number of aromatic nitrogens is 1. The molecule has 0 aromatic carbocycles. The van der Waals surface area contributed by atoms with Gasteiger partial charge in [0, 0.05) is 19.3 Å². The molecule has 0 aliphatic carbocycles. The topological polar surface area (TPSA) is 45.8 Å². The van der Waals surface area contributed by atoms with Crippen molar-refractivity contribution in [3.05, 3.63) is 33.7 Å². The maximum absolute atomic E-state index is 11.2. The maximum atomic E-state index is 11.2. The largest absolute Gasteiger partial charge is 0.318 e. The SMILES string of the molecule is CC(C)c1cn(C)c(=O)cc1C#N. The van der Waals surface area contributed by atoms with Gasteiger partial charge < -0.3 is 4.57 Å². The number of nitriles is 1. The molecule has 0 saturated heterocycles. The predicted molar refractivity (Wildman–Crippen MR) is 50.5 cm³/mol. The predicted octanol–water partition coefficient (Wildman–Crippen LogP) is 1.38. The number of hydrogen-bond donors (Lipinski definition) is 0. The van der Waals surface area contributed by atoms with Gasteiger partial charge >= 0.3 is 0 Å². The number of aryl methyl sites for hydroxylation is 1. The summed E-state index contributed by atoms with van der Waals surface area (Å²) in [5.41, 5.74) is 1.27. The fourth-order valence-corrected chi connectivity index (χ4v) is 1.21. The molecule has 3 heteroatoms. The van der Waals surface area contributed by atoms with E-state index in [0.717, 1.165) is 5.56 Å². The highest BCUT2D eigenvalue weighted by atomic mass is 16.1. The van der Waals surface area contributed by atoms with Crippen molar-refractivity contribution >= 4 is 0 Å². The van der Waals surface area contributed by atoms with E-state index in [4.69, 9.17) is 5.26 Å². The third-order valence-electron chi connectivity index (χ3n) is 2.00. The Balaban J connectivity index is 3.44. The summed E-state index contributed by atoms with van der Waals surface area (Å²) in [5, 5.41) is 8.78. The van der Waals surface area contributed by atoms with Crippen molar-refractivity contribution in [1.82, 2.24) is 4.57 Å². The molecule has 0 saturated carbocycles. The van der Waals surface area contributed by atoms with Crippen LogP contribution in [0.2, 0.25) is 0 Å². The summed E-state index contributed by atoms with van der Waals surface area (Å²) in [6.07, 6.45) is 1.73. The summed E-state index contributed by atoms with van der Waals surface area (Å²) in [5.74, 6) is 0.265. The summed E-state index contributed by atoms with van der Waals surface area (Å²) < 4.78 is 1.50. The maximum Gasteiger partial charge on any atom is 0.251 e. The van der Waals surface area contributed by atoms with E-state index in [-0.39, 0.29) is 11.5 Å². The van der Waals surface area contributed by atoms with Gasteiger partial charge in [-0.2, -0.15) is 5.26 Å². The van der Waals surface area contributed by atoms with Crippen LogP contribution in [-0.4, -0.2) is 4.57 Å². The fraction of sp³-hybridized carbons (Fsp3) is 0.400. The molecule has 1 heterocycles. The lowest BCUT2D eigenvalue weighted by molar-refractivity contribution is 0.790. The molecule has 0 amide bonds. The smallest absolute Gasteiger partial charge is 0.251 e. The summed E-state index contributed by atoms with van der Waals surface area (Å²) in [6, 6.07) is 3.42. The van der Waals surface area contributed by atoms with E-state index in [1.807, 2.05) is 19.9 Å². The van der Waals surface area contributed by atoms with E-state index in [1.54, 1.807) is 13.2 Å². The first-order valence-corrected chi connectivity index (χ1v) is 4.17. The Morgan fingerprint density at radius 3 is 2.62 bits per heavy atom. The van der Waals surface area contributed by atoms with E-state index in [9.17, 15) is 4.79 Å². The van der Waals surface area contributed by atoms with Crippen molar-refractivity contribution in [3.8, 4) is 6.07 Å². The molecule has 13 heavy (non-hydrogen) atoms. The second-order valence-corrected chi connectivity index (χ2v) is 3.36. The number of nitrogens with zero attached hydrogens (tertiary/aromatic N) is 2. The van der Waals surface area contributed by atoms with Gasteiger partial charge in [-0.05, 0) is 11.5 Å².